The smallest absolute Gasteiger partial charge is 0.365 e. The normalized spacial score (nSPS) is 16.4. The highest BCUT2D eigenvalue weighted by atomic mass is 19.4. The maximum absolute atomic E-state index is 13.0. The van der Waals surface area contributed by atoms with Gasteiger partial charge in [-0.1, -0.05) is 47.6 Å². The third kappa shape index (κ3) is 3.37. The monoisotopic (exact) mass is 412 g/mol. The molecule has 0 spiro atoms. The molecule has 0 saturated carbocycles. The summed E-state index contributed by atoms with van der Waals surface area (Å²) >= 11 is 0. The molecule has 1 aliphatic rings. The van der Waals surface area contributed by atoms with Crippen LogP contribution in [0.1, 0.15) is 22.9 Å². The molecule has 6 nitrogen and oxygen atoms in total. The fraction of sp³-hybridized carbons (Fsp3) is 0.190. The van der Waals surface area contributed by atoms with Crippen LogP contribution < -0.4 is 0 Å². The van der Waals surface area contributed by atoms with Crippen LogP contribution in [0.5, 0.6) is 0 Å². The predicted octanol–water partition coefficient (Wildman–Crippen LogP) is 4.89. The van der Waals surface area contributed by atoms with Crippen molar-refractivity contribution in [3.05, 3.63) is 77.7 Å². The second-order valence-electron chi connectivity index (χ2n) is 6.90. The van der Waals surface area contributed by atoms with Gasteiger partial charge in [-0.05, 0) is 17.7 Å². The summed E-state index contributed by atoms with van der Waals surface area (Å²) in [7, 11) is 0. The number of hydrogen-bond acceptors (Lipinski definition) is 5. The standard InChI is InChI=1S/C21H15F3N4O2/c22-21(23,24)15-8-4-7-14(9-15)19-26-20(30-27-19)18-16-11-29-17(10-28(16)12-25-18)13-5-2-1-3-6-13/h1-9,12,17H,10-11H2/t17-/m0/s1. The number of benzene rings is 2. The van der Waals surface area contributed by atoms with Crippen LogP contribution >= 0.6 is 0 Å². The average Bonchev–Trinajstić information content (AvgIpc) is 3.40. The number of rotatable bonds is 3. The lowest BCUT2D eigenvalue weighted by Crippen LogP contribution is -2.20. The van der Waals surface area contributed by atoms with Crippen molar-refractivity contribution in [3.8, 4) is 23.0 Å². The SMILES string of the molecule is FC(F)(F)c1cccc(-c2noc(-c3ncn4c3CO[C@H](c3ccccc3)C4)n2)c1. The van der Waals surface area contributed by atoms with Gasteiger partial charge in [0, 0.05) is 5.56 Å². The number of fused-ring (bicyclic) bond motifs is 1. The highest BCUT2D eigenvalue weighted by Crippen LogP contribution is 2.34. The van der Waals surface area contributed by atoms with Gasteiger partial charge in [0.25, 0.3) is 5.89 Å². The summed E-state index contributed by atoms with van der Waals surface area (Å²) in [6.07, 6.45) is -2.86. The number of nitrogens with zero attached hydrogens (tertiary/aromatic N) is 4. The van der Waals surface area contributed by atoms with Crippen molar-refractivity contribution in [1.82, 2.24) is 19.7 Å². The Labute approximate surface area is 168 Å². The van der Waals surface area contributed by atoms with Crippen LogP contribution in [0, 0.1) is 0 Å². The van der Waals surface area contributed by atoms with Gasteiger partial charge in [-0.25, -0.2) is 4.98 Å². The zero-order valence-electron chi connectivity index (χ0n) is 15.5. The van der Waals surface area contributed by atoms with Crippen LogP contribution in [0.4, 0.5) is 13.2 Å². The van der Waals surface area contributed by atoms with Crippen molar-refractivity contribution in [2.45, 2.75) is 25.4 Å². The van der Waals surface area contributed by atoms with Crippen molar-refractivity contribution in [2.24, 2.45) is 0 Å². The zero-order valence-corrected chi connectivity index (χ0v) is 15.5. The van der Waals surface area contributed by atoms with Gasteiger partial charge in [0.05, 0.1) is 30.7 Å². The summed E-state index contributed by atoms with van der Waals surface area (Å²) in [6, 6.07) is 14.7. The van der Waals surface area contributed by atoms with E-state index in [9.17, 15) is 13.2 Å². The molecule has 1 atom stereocenters. The Morgan fingerprint density at radius 2 is 1.87 bits per heavy atom. The van der Waals surface area contributed by atoms with E-state index >= 15 is 0 Å². The first-order chi connectivity index (χ1) is 14.5. The number of ether oxygens (including phenoxy) is 1. The fourth-order valence-corrected chi connectivity index (χ4v) is 3.45. The van der Waals surface area contributed by atoms with Crippen LogP contribution in [0.2, 0.25) is 0 Å². The van der Waals surface area contributed by atoms with E-state index in [-0.39, 0.29) is 23.4 Å². The van der Waals surface area contributed by atoms with Crippen LogP contribution in [-0.2, 0) is 24.1 Å². The Hall–Kier alpha value is -3.46. The largest absolute Gasteiger partial charge is 0.416 e. The van der Waals surface area contributed by atoms with Crippen LogP contribution in [0.3, 0.4) is 0 Å². The molecule has 2 aromatic heterocycles. The fourth-order valence-electron chi connectivity index (χ4n) is 3.45. The number of aromatic nitrogens is 4. The maximum Gasteiger partial charge on any atom is 0.416 e. The Bertz CT molecular complexity index is 1180. The van der Waals surface area contributed by atoms with E-state index in [1.807, 2.05) is 34.9 Å². The van der Waals surface area contributed by atoms with Gasteiger partial charge in [-0.3, -0.25) is 0 Å². The Morgan fingerprint density at radius 1 is 1.03 bits per heavy atom. The minimum Gasteiger partial charge on any atom is -0.365 e. The Balaban J connectivity index is 1.42. The lowest BCUT2D eigenvalue weighted by molar-refractivity contribution is -0.137. The number of hydrogen-bond donors (Lipinski definition) is 0. The van der Waals surface area contributed by atoms with Crippen LogP contribution in [0.15, 0.2) is 65.4 Å². The van der Waals surface area contributed by atoms with Gasteiger partial charge in [-0.15, -0.1) is 0 Å². The molecule has 0 saturated heterocycles. The molecule has 5 rings (SSSR count). The number of halogens is 3. The molecular weight excluding hydrogens is 397 g/mol. The molecular formula is C21H15F3N4O2. The first-order valence-corrected chi connectivity index (χ1v) is 9.21. The molecule has 3 heterocycles. The molecule has 0 bridgehead atoms. The topological polar surface area (TPSA) is 66.0 Å². The summed E-state index contributed by atoms with van der Waals surface area (Å²) in [4.78, 5) is 8.62. The first kappa shape index (κ1) is 18.6. The summed E-state index contributed by atoms with van der Waals surface area (Å²) < 4.78 is 52.1. The minimum atomic E-state index is -4.45. The highest BCUT2D eigenvalue weighted by molar-refractivity contribution is 5.60. The maximum atomic E-state index is 13.0. The Morgan fingerprint density at radius 3 is 2.67 bits per heavy atom. The van der Waals surface area contributed by atoms with E-state index in [2.05, 4.69) is 15.1 Å². The molecule has 0 aliphatic carbocycles. The van der Waals surface area contributed by atoms with Crippen LogP contribution in [0.25, 0.3) is 23.0 Å². The third-order valence-corrected chi connectivity index (χ3v) is 4.98. The lowest BCUT2D eigenvalue weighted by Gasteiger charge is -2.25. The molecule has 0 fully saturated rings. The van der Waals surface area contributed by atoms with Crippen LogP contribution in [-0.4, -0.2) is 19.7 Å². The van der Waals surface area contributed by atoms with Gasteiger partial charge in [0.1, 0.15) is 6.10 Å². The molecule has 30 heavy (non-hydrogen) atoms. The van der Waals surface area contributed by atoms with Gasteiger partial charge in [0.15, 0.2) is 5.69 Å². The van der Waals surface area contributed by atoms with Crippen molar-refractivity contribution in [2.75, 3.05) is 0 Å². The van der Waals surface area contributed by atoms with Gasteiger partial charge in [-0.2, -0.15) is 18.2 Å². The molecule has 0 unspecified atom stereocenters. The molecule has 0 amide bonds. The van der Waals surface area contributed by atoms with E-state index in [0.717, 1.165) is 23.4 Å². The second-order valence-corrected chi connectivity index (χ2v) is 6.90. The average molecular weight is 412 g/mol. The Kier molecular flexibility index (Phi) is 4.39. The first-order valence-electron chi connectivity index (χ1n) is 9.21. The number of imidazole rings is 1. The number of alkyl halides is 3. The van der Waals surface area contributed by atoms with E-state index in [4.69, 9.17) is 9.26 Å². The van der Waals surface area contributed by atoms with Crippen molar-refractivity contribution in [1.29, 1.82) is 0 Å². The summed E-state index contributed by atoms with van der Waals surface area (Å²) in [5.41, 5.74) is 1.76. The van der Waals surface area contributed by atoms with E-state index < -0.39 is 11.7 Å². The van der Waals surface area contributed by atoms with E-state index in [1.54, 1.807) is 6.33 Å². The summed E-state index contributed by atoms with van der Waals surface area (Å²) in [5.74, 6) is 0.203. The van der Waals surface area contributed by atoms with Crippen molar-refractivity contribution < 1.29 is 22.4 Å². The van der Waals surface area contributed by atoms with E-state index in [0.29, 0.717) is 18.8 Å². The van der Waals surface area contributed by atoms with Crippen molar-refractivity contribution in [3.63, 3.8) is 0 Å². The van der Waals surface area contributed by atoms with Gasteiger partial charge < -0.3 is 13.8 Å². The molecule has 2 aromatic carbocycles. The highest BCUT2D eigenvalue weighted by Gasteiger charge is 2.31. The quantitative estimate of drug-likeness (QED) is 0.479. The predicted molar refractivity (Wildman–Crippen MR) is 99.9 cm³/mol. The molecule has 152 valence electrons. The second kappa shape index (κ2) is 7.10. The third-order valence-electron chi connectivity index (χ3n) is 4.98. The van der Waals surface area contributed by atoms with Gasteiger partial charge in [0.2, 0.25) is 5.82 Å². The van der Waals surface area contributed by atoms with E-state index in [1.165, 1.54) is 12.1 Å². The molecule has 1 aliphatic heterocycles. The van der Waals surface area contributed by atoms with Gasteiger partial charge >= 0.3 is 6.18 Å². The van der Waals surface area contributed by atoms with Crippen molar-refractivity contribution >= 4 is 0 Å². The lowest BCUT2D eigenvalue weighted by atomic mass is 10.1. The zero-order chi connectivity index (χ0) is 20.7. The summed E-state index contributed by atoms with van der Waals surface area (Å²) in [6.45, 7) is 0.886. The molecule has 0 radical (unpaired) electrons. The molecule has 0 N–H and O–H groups in total. The molecule has 4 aromatic rings. The minimum absolute atomic E-state index is 0.0664. The summed E-state index contributed by atoms with van der Waals surface area (Å²) in [5, 5.41) is 3.83. The molecule has 9 heteroatoms.